The van der Waals surface area contributed by atoms with Crippen LogP contribution in [0.25, 0.3) is 0 Å². The molecule has 5 nitrogen and oxygen atoms in total. The largest absolute Gasteiger partial charge is 0.349 e. The Morgan fingerprint density at radius 1 is 1.00 bits per heavy atom. The fourth-order valence-corrected chi connectivity index (χ4v) is 5.74. The van der Waals surface area contributed by atoms with E-state index in [-0.39, 0.29) is 16.8 Å². The number of benzene rings is 3. The van der Waals surface area contributed by atoms with Crippen molar-refractivity contribution in [1.29, 1.82) is 0 Å². The van der Waals surface area contributed by atoms with Gasteiger partial charge in [-0.3, -0.25) is 9.52 Å². The summed E-state index contributed by atoms with van der Waals surface area (Å²) in [5.74, 6) is -0.213. The molecule has 3 aromatic rings. The van der Waals surface area contributed by atoms with E-state index in [0.717, 1.165) is 12.0 Å². The summed E-state index contributed by atoms with van der Waals surface area (Å²) in [6.07, 6.45) is 1.46. The second-order valence-electron chi connectivity index (χ2n) is 7.17. The van der Waals surface area contributed by atoms with Crippen molar-refractivity contribution in [2.24, 2.45) is 0 Å². The van der Waals surface area contributed by atoms with Crippen LogP contribution in [0.5, 0.6) is 0 Å². The maximum atomic E-state index is 12.7. The molecular weight excluding hydrogens is 580 g/mol. The topological polar surface area (TPSA) is 75.3 Å². The highest BCUT2D eigenvalue weighted by atomic mass is 79.9. The second kappa shape index (κ2) is 10.8. The third kappa shape index (κ3) is 6.57. The number of amides is 1. The molecule has 0 saturated carbocycles. The predicted molar refractivity (Wildman–Crippen MR) is 136 cm³/mol. The van der Waals surface area contributed by atoms with Crippen LogP contribution in [0, 0.1) is 0 Å². The molecule has 0 radical (unpaired) electrons. The molecule has 0 fully saturated rings. The molecule has 0 aromatic heterocycles. The molecule has 0 saturated heterocycles. The Bertz CT molecular complexity index is 1200. The first-order chi connectivity index (χ1) is 15.2. The van der Waals surface area contributed by atoms with Gasteiger partial charge in [-0.2, -0.15) is 0 Å². The average Bonchev–Trinajstić information content (AvgIpc) is 2.76. The zero-order valence-corrected chi connectivity index (χ0v) is 21.9. The summed E-state index contributed by atoms with van der Waals surface area (Å²) in [4.78, 5) is 12.8. The van der Waals surface area contributed by atoms with Crippen molar-refractivity contribution < 1.29 is 13.2 Å². The standard InChI is InChI=1S/C23H21Br2ClN2O3S/c1-2-19(13-15-3-8-18(26)9-4-15)27-23(29)16-5-10-20(11-6-16)28-32(30,31)22-14-17(24)7-12-21(22)25/h3-12,14,19,28H,2,13H2,1H3,(H,27,29). The van der Waals surface area contributed by atoms with Gasteiger partial charge in [-0.15, -0.1) is 0 Å². The fourth-order valence-electron chi connectivity index (χ4n) is 3.05. The molecule has 0 spiro atoms. The highest BCUT2D eigenvalue weighted by Gasteiger charge is 2.19. The van der Waals surface area contributed by atoms with Gasteiger partial charge in [0.2, 0.25) is 0 Å². The first-order valence-corrected chi connectivity index (χ1v) is 13.3. The van der Waals surface area contributed by atoms with E-state index >= 15 is 0 Å². The average molecular weight is 601 g/mol. The van der Waals surface area contributed by atoms with E-state index in [1.807, 2.05) is 31.2 Å². The van der Waals surface area contributed by atoms with E-state index in [4.69, 9.17) is 11.6 Å². The lowest BCUT2D eigenvalue weighted by Gasteiger charge is -2.17. The minimum atomic E-state index is -3.80. The maximum Gasteiger partial charge on any atom is 0.263 e. The molecule has 3 aromatic carbocycles. The van der Waals surface area contributed by atoms with Crippen LogP contribution in [0.4, 0.5) is 5.69 Å². The summed E-state index contributed by atoms with van der Waals surface area (Å²) in [6.45, 7) is 2.01. The Morgan fingerprint density at radius 3 is 2.28 bits per heavy atom. The van der Waals surface area contributed by atoms with Crippen LogP contribution in [0.3, 0.4) is 0 Å². The highest BCUT2D eigenvalue weighted by molar-refractivity contribution is 9.11. The monoisotopic (exact) mass is 598 g/mol. The summed E-state index contributed by atoms with van der Waals surface area (Å²) >= 11 is 12.5. The van der Waals surface area contributed by atoms with Gasteiger partial charge < -0.3 is 5.32 Å². The zero-order chi connectivity index (χ0) is 23.3. The first kappa shape index (κ1) is 24.8. The number of hydrogen-bond donors (Lipinski definition) is 2. The van der Waals surface area contributed by atoms with Crippen molar-refractivity contribution >= 4 is 65.1 Å². The van der Waals surface area contributed by atoms with Gasteiger partial charge in [-0.05, 0) is 88.9 Å². The number of anilines is 1. The number of rotatable bonds is 8. The number of carbonyl (C=O) groups excluding carboxylic acids is 1. The molecule has 0 aliphatic heterocycles. The van der Waals surface area contributed by atoms with E-state index in [2.05, 4.69) is 41.9 Å². The summed E-state index contributed by atoms with van der Waals surface area (Å²) in [5, 5.41) is 3.71. The molecule has 0 aliphatic rings. The van der Waals surface area contributed by atoms with Gasteiger partial charge >= 0.3 is 0 Å². The molecule has 3 rings (SSSR count). The van der Waals surface area contributed by atoms with Crippen molar-refractivity contribution in [1.82, 2.24) is 5.32 Å². The molecule has 9 heteroatoms. The van der Waals surface area contributed by atoms with Crippen molar-refractivity contribution in [3.05, 3.63) is 91.8 Å². The Hall–Kier alpha value is -1.87. The molecule has 32 heavy (non-hydrogen) atoms. The van der Waals surface area contributed by atoms with Gasteiger partial charge in [0.25, 0.3) is 15.9 Å². The van der Waals surface area contributed by atoms with Crippen LogP contribution < -0.4 is 10.0 Å². The molecule has 1 atom stereocenters. The zero-order valence-electron chi connectivity index (χ0n) is 17.1. The van der Waals surface area contributed by atoms with Crippen molar-refractivity contribution in [3.8, 4) is 0 Å². The molecule has 168 valence electrons. The first-order valence-electron chi connectivity index (χ1n) is 9.81. The summed E-state index contributed by atoms with van der Waals surface area (Å²) in [5.41, 5.74) is 1.90. The number of sulfonamides is 1. The highest BCUT2D eigenvalue weighted by Crippen LogP contribution is 2.27. The Balaban J connectivity index is 1.67. The molecule has 1 unspecified atom stereocenters. The van der Waals surface area contributed by atoms with Crippen molar-refractivity contribution in [2.45, 2.75) is 30.7 Å². The van der Waals surface area contributed by atoms with E-state index in [9.17, 15) is 13.2 Å². The summed E-state index contributed by atoms with van der Waals surface area (Å²) in [7, 11) is -3.80. The molecule has 2 N–H and O–H groups in total. The van der Waals surface area contributed by atoms with Crippen LogP contribution in [0.1, 0.15) is 29.3 Å². The van der Waals surface area contributed by atoms with Crippen molar-refractivity contribution in [3.63, 3.8) is 0 Å². The van der Waals surface area contributed by atoms with E-state index < -0.39 is 10.0 Å². The van der Waals surface area contributed by atoms with Gasteiger partial charge in [0.05, 0.1) is 0 Å². The molecule has 1 amide bonds. The summed E-state index contributed by atoms with van der Waals surface area (Å²) < 4.78 is 29.1. The molecule has 0 heterocycles. The van der Waals surface area contributed by atoms with Crippen LogP contribution >= 0.6 is 43.5 Å². The maximum absolute atomic E-state index is 12.7. The number of carbonyl (C=O) groups is 1. The van der Waals surface area contributed by atoms with Crippen LogP contribution in [0.2, 0.25) is 5.02 Å². The van der Waals surface area contributed by atoms with Crippen LogP contribution in [-0.2, 0) is 16.4 Å². The SMILES string of the molecule is CCC(Cc1ccc(Cl)cc1)NC(=O)c1ccc(NS(=O)(=O)c2cc(Br)ccc2Br)cc1. The summed E-state index contributed by atoms with van der Waals surface area (Å²) in [6, 6.07) is 18.8. The Labute approximate surface area is 209 Å². The van der Waals surface area contributed by atoms with Gasteiger partial charge in [0.15, 0.2) is 0 Å². The lowest BCUT2D eigenvalue weighted by atomic mass is 10.0. The predicted octanol–water partition coefficient (Wildman–Crippen LogP) is 6.42. The van der Waals surface area contributed by atoms with Crippen molar-refractivity contribution in [2.75, 3.05) is 4.72 Å². The number of hydrogen-bond acceptors (Lipinski definition) is 3. The number of nitrogens with one attached hydrogen (secondary N) is 2. The smallest absolute Gasteiger partial charge is 0.263 e. The normalized spacial score (nSPS) is 12.2. The van der Waals surface area contributed by atoms with Gasteiger partial charge in [0.1, 0.15) is 4.90 Å². The third-order valence-electron chi connectivity index (χ3n) is 4.81. The quantitative estimate of drug-likeness (QED) is 0.314. The molecular formula is C23H21Br2ClN2O3S. The van der Waals surface area contributed by atoms with E-state index in [1.165, 1.54) is 6.07 Å². The minimum Gasteiger partial charge on any atom is -0.349 e. The molecule has 0 aliphatic carbocycles. The number of halogens is 3. The van der Waals surface area contributed by atoms with Gasteiger partial charge in [-0.25, -0.2) is 8.42 Å². The third-order valence-corrected chi connectivity index (χ3v) is 7.93. The van der Waals surface area contributed by atoms with Gasteiger partial charge in [0, 0.05) is 31.3 Å². The Kier molecular flexibility index (Phi) is 8.38. The fraction of sp³-hybridized carbons (Fsp3) is 0.174. The van der Waals surface area contributed by atoms with Crippen LogP contribution in [-0.4, -0.2) is 20.4 Å². The van der Waals surface area contributed by atoms with Crippen LogP contribution in [0.15, 0.2) is 80.6 Å². The Morgan fingerprint density at radius 2 is 1.66 bits per heavy atom. The van der Waals surface area contributed by atoms with Gasteiger partial charge in [-0.1, -0.05) is 46.6 Å². The lowest BCUT2D eigenvalue weighted by Crippen LogP contribution is -2.35. The second-order valence-corrected chi connectivity index (χ2v) is 11.0. The van der Waals surface area contributed by atoms with E-state index in [1.54, 1.807) is 36.4 Å². The van der Waals surface area contributed by atoms with E-state index in [0.29, 0.717) is 31.6 Å². The molecule has 0 bridgehead atoms. The minimum absolute atomic E-state index is 0.0317. The lowest BCUT2D eigenvalue weighted by molar-refractivity contribution is 0.0936.